The van der Waals surface area contributed by atoms with Crippen LogP contribution in [0.5, 0.6) is 5.75 Å². The molecule has 0 radical (unpaired) electrons. The van der Waals surface area contributed by atoms with Crippen molar-refractivity contribution in [3.05, 3.63) is 35.9 Å². The van der Waals surface area contributed by atoms with Crippen molar-refractivity contribution in [1.82, 2.24) is 15.8 Å². The molecule has 8 heteroatoms. The zero-order valence-corrected chi connectivity index (χ0v) is 22.3. The summed E-state index contributed by atoms with van der Waals surface area (Å²) in [6.07, 6.45) is 13.0. The first kappa shape index (κ1) is 28.1. The number of urea groups is 1. The number of phenolic OH excluding ortho intramolecular Hbond substituents is 1. The van der Waals surface area contributed by atoms with Crippen LogP contribution in [0.25, 0.3) is 10.8 Å². The Morgan fingerprint density at radius 3 is 2.19 bits per heavy atom. The number of carbonyl (C=O) groups is 2. The fourth-order valence-corrected chi connectivity index (χ4v) is 5.52. The molecule has 1 aliphatic heterocycles. The van der Waals surface area contributed by atoms with Gasteiger partial charge in [0.15, 0.2) is 0 Å². The monoisotopic (exact) mass is 515 g/mol. The number of morpholine rings is 1. The van der Waals surface area contributed by atoms with E-state index in [4.69, 9.17) is 4.74 Å². The zero-order valence-electron chi connectivity index (χ0n) is 21.5. The van der Waals surface area contributed by atoms with Crippen molar-refractivity contribution in [3.8, 4) is 5.75 Å². The molecule has 2 aromatic carbocycles. The number of unbranched alkanes of at least 4 members (excludes halogenated alkanes) is 9. The Kier molecular flexibility index (Phi) is 12.2. The number of phenols is 1. The molecule has 0 saturated carbocycles. The summed E-state index contributed by atoms with van der Waals surface area (Å²) in [5.41, 5.74) is 5.05. The summed E-state index contributed by atoms with van der Waals surface area (Å²) >= 11 is 1.71. The van der Waals surface area contributed by atoms with Gasteiger partial charge in [-0.1, -0.05) is 89.0 Å². The van der Waals surface area contributed by atoms with E-state index in [-0.39, 0.29) is 17.3 Å². The van der Waals surface area contributed by atoms with Gasteiger partial charge < -0.3 is 14.7 Å². The van der Waals surface area contributed by atoms with Crippen molar-refractivity contribution in [3.63, 3.8) is 0 Å². The van der Waals surface area contributed by atoms with Gasteiger partial charge in [0.25, 0.3) is 5.91 Å². The molecule has 3 rings (SSSR count). The average Bonchev–Trinajstić information content (AvgIpc) is 2.92. The van der Waals surface area contributed by atoms with Crippen LogP contribution in [0.3, 0.4) is 0 Å². The van der Waals surface area contributed by atoms with E-state index in [0.29, 0.717) is 31.7 Å². The number of fused-ring (bicyclic) bond motifs is 1. The van der Waals surface area contributed by atoms with Gasteiger partial charge in [0.1, 0.15) is 5.75 Å². The molecule has 0 unspecified atom stereocenters. The summed E-state index contributed by atoms with van der Waals surface area (Å²) in [5, 5.41) is 12.4. The smallest absolute Gasteiger partial charge is 0.336 e. The summed E-state index contributed by atoms with van der Waals surface area (Å²) < 4.78 is 5.25. The van der Waals surface area contributed by atoms with Gasteiger partial charge in [0.05, 0.1) is 18.8 Å². The van der Waals surface area contributed by atoms with E-state index in [1.165, 1.54) is 57.8 Å². The number of nitrogens with zero attached hydrogens (tertiary/aromatic N) is 1. The molecule has 0 aliphatic carbocycles. The molecule has 0 atom stereocenters. The summed E-state index contributed by atoms with van der Waals surface area (Å²) in [6, 6.07) is 8.92. The first-order chi connectivity index (χ1) is 17.6. The standard InChI is InChI=1S/C28H41N3O4S/c1-2-3-4-5-6-7-8-9-10-13-20-36-25-21-24(26(32)23-15-12-11-14-22(23)25)27(33)29-30-28(34)31-16-18-35-19-17-31/h11-12,14-15,21,32H,2-10,13,16-20H2,1H3,(H,29,33)(H,30,34). The fourth-order valence-electron chi connectivity index (χ4n) is 4.41. The summed E-state index contributed by atoms with van der Waals surface area (Å²) in [4.78, 5) is 27.7. The molecule has 1 aliphatic rings. The maximum absolute atomic E-state index is 12.9. The lowest BCUT2D eigenvalue weighted by atomic mass is 10.0. The number of rotatable bonds is 13. The molecule has 3 amide bonds. The third-order valence-electron chi connectivity index (χ3n) is 6.56. The van der Waals surface area contributed by atoms with E-state index in [9.17, 15) is 14.7 Å². The molecule has 1 fully saturated rings. The van der Waals surface area contributed by atoms with Crippen LogP contribution in [0.15, 0.2) is 35.2 Å². The second kappa shape index (κ2) is 15.6. The molecule has 0 bridgehead atoms. The molecule has 7 nitrogen and oxygen atoms in total. The largest absolute Gasteiger partial charge is 0.506 e. The number of nitrogens with one attached hydrogen (secondary N) is 2. The van der Waals surface area contributed by atoms with E-state index in [1.54, 1.807) is 22.7 Å². The van der Waals surface area contributed by atoms with Crippen molar-refractivity contribution < 1.29 is 19.4 Å². The van der Waals surface area contributed by atoms with Gasteiger partial charge in [-0.15, -0.1) is 11.8 Å². The second-order valence-corrected chi connectivity index (χ2v) is 10.5. The highest BCUT2D eigenvalue weighted by atomic mass is 32.2. The number of hydrogen-bond acceptors (Lipinski definition) is 5. The minimum absolute atomic E-state index is 0.0768. The van der Waals surface area contributed by atoms with Crippen molar-refractivity contribution in [2.75, 3.05) is 32.1 Å². The molecular weight excluding hydrogens is 474 g/mol. The van der Waals surface area contributed by atoms with E-state index >= 15 is 0 Å². The van der Waals surface area contributed by atoms with Crippen LogP contribution < -0.4 is 10.9 Å². The second-order valence-electron chi connectivity index (χ2n) is 9.33. The van der Waals surface area contributed by atoms with Crippen LogP contribution in [0.2, 0.25) is 0 Å². The third-order valence-corrected chi connectivity index (χ3v) is 7.70. The van der Waals surface area contributed by atoms with Crippen LogP contribution in [-0.2, 0) is 4.74 Å². The topological polar surface area (TPSA) is 90.9 Å². The summed E-state index contributed by atoms with van der Waals surface area (Å²) in [7, 11) is 0. The Bertz CT molecular complexity index is 979. The van der Waals surface area contributed by atoms with Gasteiger partial charge in [-0.3, -0.25) is 10.2 Å². The van der Waals surface area contributed by atoms with Crippen LogP contribution in [0.4, 0.5) is 4.79 Å². The number of hydrazine groups is 1. The Morgan fingerprint density at radius 1 is 0.917 bits per heavy atom. The fraction of sp³-hybridized carbons (Fsp3) is 0.571. The van der Waals surface area contributed by atoms with Gasteiger partial charge in [-0.25, -0.2) is 10.2 Å². The Morgan fingerprint density at radius 2 is 1.53 bits per heavy atom. The predicted octanol–water partition coefficient (Wildman–Crippen LogP) is 6.25. The molecule has 36 heavy (non-hydrogen) atoms. The number of aromatic hydroxyl groups is 1. The van der Waals surface area contributed by atoms with Crippen LogP contribution >= 0.6 is 11.8 Å². The highest BCUT2D eigenvalue weighted by molar-refractivity contribution is 7.99. The molecule has 198 valence electrons. The van der Waals surface area contributed by atoms with Crippen molar-refractivity contribution in [2.24, 2.45) is 0 Å². The number of thioether (sulfide) groups is 1. The van der Waals surface area contributed by atoms with Crippen LogP contribution in [0.1, 0.15) is 81.5 Å². The molecule has 2 aromatic rings. The lowest BCUT2D eigenvalue weighted by Gasteiger charge is -2.26. The molecule has 1 saturated heterocycles. The lowest BCUT2D eigenvalue weighted by molar-refractivity contribution is 0.0519. The van der Waals surface area contributed by atoms with Crippen molar-refractivity contribution >= 4 is 34.5 Å². The Balaban J connectivity index is 1.51. The maximum atomic E-state index is 12.9. The lowest BCUT2D eigenvalue weighted by Crippen LogP contribution is -2.52. The van der Waals surface area contributed by atoms with E-state index in [0.717, 1.165) is 22.5 Å². The van der Waals surface area contributed by atoms with Crippen LogP contribution in [0, 0.1) is 0 Å². The molecular formula is C28H41N3O4S. The SMILES string of the molecule is CCCCCCCCCCCCSc1cc(C(=O)NNC(=O)N2CCOCC2)c(O)c2ccccc12. The van der Waals surface area contributed by atoms with Crippen molar-refractivity contribution in [2.45, 2.75) is 76.0 Å². The summed E-state index contributed by atoms with van der Waals surface area (Å²) in [5.74, 6) is 0.341. The molecule has 0 spiro atoms. The van der Waals surface area contributed by atoms with Gasteiger partial charge in [-0.05, 0) is 23.6 Å². The van der Waals surface area contributed by atoms with Gasteiger partial charge in [-0.2, -0.15) is 0 Å². The molecule has 3 N–H and O–H groups in total. The minimum Gasteiger partial charge on any atom is -0.506 e. The average molecular weight is 516 g/mol. The number of benzene rings is 2. The van der Waals surface area contributed by atoms with Crippen molar-refractivity contribution in [1.29, 1.82) is 0 Å². The first-order valence-electron chi connectivity index (χ1n) is 13.4. The van der Waals surface area contributed by atoms with E-state index in [2.05, 4.69) is 17.8 Å². The third kappa shape index (κ3) is 8.59. The number of ether oxygens (including phenoxy) is 1. The number of hydrogen-bond donors (Lipinski definition) is 3. The number of amides is 3. The summed E-state index contributed by atoms with van der Waals surface area (Å²) in [6.45, 7) is 4.16. The Hall–Kier alpha value is -2.45. The van der Waals surface area contributed by atoms with Gasteiger partial charge in [0, 0.05) is 23.4 Å². The van der Waals surface area contributed by atoms with Gasteiger partial charge in [0.2, 0.25) is 0 Å². The molecule has 1 heterocycles. The molecule has 0 aromatic heterocycles. The van der Waals surface area contributed by atoms with Gasteiger partial charge >= 0.3 is 6.03 Å². The van der Waals surface area contributed by atoms with E-state index < -0.39 is 5.91 Å². The van der Waals surface area contributed by atoms with E-state index in [1.807, 2.05) is 24.3 Å². The highest BCUT2D eigenvalue weighted by Crippen LogP contribution is 2.37. The quantitative estimate of drug-likeness (QED) is 0.167. The zero-order chi connectivity index (χ0) is 25.6. The minimum atomic E-state index is -0.541. The predicted molar refractivity (Wildman–Crippen MR) is 147 cm³/mol. The number of carbonyl (C=O) groups excluding carboxylic acids is 2. The Labute approximate surface area is 219 Å². The van der Waals surface area contributed by atoms with Crippen LogP contribution in [-0.4, -0.2) is 54.0 Å². The normalized spacial score (nSPS) is 13.6. The highest BCUT2D eigenvalue weighted by Gasteiger charge is 2.20. The maximum Gasteiger partial charge on any atom is 0.336 e. The first-order valence-corrected chi connectivity index (χ1v) is 14.4.